The van der Waals surface area contributed by atoms with Gasteiger partial charge in [-0.3, -0.25) is 4.90 Å². The molecule has 1 N–H and O–H groups in total. The Bertz CT molecular complexity index is 55.1. The smallest absolute Gasteiger partial charge is 0.0484 e. The lowest BCUT2D eigenvalue weighted by Crippen LogP contribution is -2.18. The summed E-state index contributed by atoms with van der Waals surface area (Å²) < 4.78 is 0. The SMILES string of the molecule is CC1[CH]N(C)CN1. The Morgan fingerprint density at radius 1 is 1.86 bits per heavy atom. The van der Waals surface area contributed by atoms with Gasteiger partial charge in [0.05, 0.1) is 0 Å². The first-order valence-corrected chi connectivity index (χ1v) is 2.57. The van der Waals surface area contributed by atoms with Gasteiger partial charge in [0.1, 0.15) is 0 Å². The van der Waals surface area contributed by atoms with Crippen molar-refractivity contribution in [1.82, 2.24) is 10.2 Å². The summed E-state index contributed by atoms with van der Waals surface area (Å²) in [7, 11) is 2.07. The molecule has 1 aliphatic heterocycles. The van der Waals surface area contributed by atoms with Crippen molar-refractivity contribution in [3.63, 3.8) is 0 Å². The van der Waals surface area contributed by atoms with Crippen molar-refractivity contribution in [2.75, 3.05) is 13.7 Å². The molecule has 2 nitrogen and oxygen atoms in total. The summed E-state index contributed by atoms with van der Waals surface area (Å²) in [5.74, 6) is 0. The number of hydrogen-bond acceptors (Lipinski definition) is 2. The van der Waals surface area contributed by atoms with Crippen LogP contribution in [0, 0.1) is 6.54 Å². The van der Waals surface area contributed by atoms with Gasteiger partial charge in [0.2, 0.25) is 0 Å². The van der Waals surface area contributed by atoms with E-state index in [1.54, 1.807) is 0 Å². The van der Waals surface area contributed by atoms with Crippen LogP contribution >= 0.6 is 0 Å². The molecule has 0 aromatic carbocycles. The van der Waals surface area contributed by atoms with Gasteiger partial charge in [0, 0.05) is 19.3 Å². The molecule has 1 heterocycles. The van der Waals surface area contributed by atoms with Gasteiger partial charge >= 0.3 is 0 Å². The normalized spacial score (nSPS) is 34.3. The Kier molecular flexibility index (Phi) is 1.30. The first-order chi connectivity index (χ1) is 3.29. The van der Waals surface area contributed by atoms with Gasteiger partial charge in [-0.1, -0.05) is 0 Å². The minimum atomic E-state index is 0.574. The molecule has 0 saturated carbocycles. The number of rotatable bonds is 0. The van der Waals surface area contributed by atoms with Gasteiger partial charge in [-0.15, -0.1) is 0 Å². The van der Waals surface area contributed by atoms with Crippen molar-refractivity contribution in [3.05, 3.63) is 6.54 Å². The average molecular weight is 99.2 g/mol. The standard InChI is InChI=1S/C5H11N2/c1-5-3-7(2)4-6-5/h3,5-6H,4H2,1-2H3. The highest BCUT2D eigenvalue weighted by Crippen LogP contribution is 1.99. The fourth-order valence-electron chi connectivity index (χ4n) is 0.775. The maximum absolute atomic E-state index is 3.24. The summed E-state index contributed by atoms with van der Waals surface area (Å²) in [6, 6.07) is 0.574. The van der Waals surface area contributed by atoms with Crippen LogP contribution in [0.2, 0.25) is 0 Å². The zero-order valence-electron chi connectivity index (χ0n) is 4.81. The van der Waals surface area contributed by atoms with Crippen LogP contribution in [0.15, 0.2) is 0 Å². The van der Waals surface area contributed by atoms with Crippen molar-refractivity contribution in [1.29, 1.82) is 0 Å². The summed E-state index contributed by atoms with van der Waals surface area (Å²) in [5, 5.41) is 3.24. The summed E-state index contributed by atoms with van der Waals surface area (Å²) in [5.41, 5.74) is 0. The lowest BCUT2D eigenvalue weighted by Gasteiger charge is -2.00. The lowest BCUT2D eigenvalue weighted by atomic mass is 10.4. The number of nitrogens with one attached hydrogen (secondary N) is 1. The van der Waals surface area contributed by atoms with E-state index in [4.69, 9.17) is 0 Å². The predicted molar refractivity (Wildman–Crippen MR) is 29.5 cm³/mol. The third-order valence-corrected chi connectivity index (χ3v) is 1.14. The van der Waals surface area contributed by atoms with E-state index in [9.17, 15) is 0 Å². The van der Waals surface area contributed by atoms with Crippen LogP contribution in [0.1, 0.15) is 6.92 Å². The first-order valence-electron chi connectivity index (χ1n) is 2.57. The van der Waals surface area contributed by atoms with Crippen LogP contribution in [0.3, 0.4) is 0 Å². The molecule has 41 valence electrons. The predicted octanol–water partition coefficient (Wildman–Crippen LogP) is 0.0292. The van der Waals surface area contributed by atoms with Crippen LogP contribution in [-0.2, 0) is 0 Å². The largest absolute Gasteiger partial charge is 0.300 e. The van der Waals surface area contributed by atoms with Gasteiger partial charge in [-0.25, -0.2) is 0 Å². The van der Waals surface area contributed by atoms with E-state index in [1.807, 2.05) is 0 Å². The van der Waals surface area contributed by atoms with Crippen molar-refractivity contribution in [2.45, 2.75) is 13.0 Å². The van der Waals surface area contributed by atoms with Crippen LogP contribution in [-0.4, -0.2) is 24.7 Å². The Morgan fingerprint density at radius 2 is 2.57 bits per heavy atom. The second-order valence-corrected chi connectivity index (χ2v) is 2.06. The minimum absolute atomic E-state index is 0.574. The Morgan fingerprint density at radius 3 is 2.71 bits per heavy atom. The second kappa shape index (κ2) is 1.80. The van der Waals surface area contributed by atoms with Crippen LogP contribution in [0.5, 0.6) is 0 Å². The first kappa shape index (κ1) is 5.06. The third-order valence-electron chi connectivity index (χ3n) is 1.14. The summed E-state index contributed by atoms with van der Waals surface area (Å²) in [4.78, 5) is 2.14. The van der Waals surface area contributed by atoms with Crippen molar-refractivity contribution >= 4 is 0 Å². The van der Waals surface area contributed by atoms with E-state index in [1.165, 1.54) is 0 Å². The van der Waals surface area contributed by atoms with Crippen LogP contribution in [0.4, 0.5) is 0 Å². The average Bonchev–Trinajstić information content (AvgIpc) is 1.87. The molecule has 2 heteroatoms. The van der Waals surface area contributed by atoms with E-state index in [0.29, 0.717) is 6.04 Å². The molecule has 0 aliphatic carbocycles. The van der Waals surface area contributed by atoms with Crippen LogP contribution < -0.4 is 5.32 Å². The molecule has 7 heavy (non-hydrogen) atoms. The van der Waals surface area contributed by atoms with Gasteiger partial charge in [-0.05, 0) is 14.0 Å². The summed E-state index contributed by atoms with van der Waals surface area (Å²) in [6.45, 7) is 5.31. The molecule has 0 spiro atoms. The molecule has 1 fully saturated rings. The van der Waals surface area contributed by atoms with Crippen LogP contribution in [0.25, 0.3) is 0 Å². The third kappa shape index (κ3) is 1.14. The molecule has 1 rings (SSSR count). The van der Waals surface area contributed by atoms with E-state index in [-0.39, 0.29) is 0 Å². The van der Waals surface area contributed by atoms with E-state index in [2.05, 4.69) is 30.7 Å². The highest BCUT2D eigenvalue weighted by atomic mass is 15.3. The lowest BCUT2D eigenvalue weighted by molar-refractivity contribution is 0.460. The highest BCUT2D eigenvalue weighted by molar-refractivity contribution is 4.83. The number of likely N-dealkylation sites (N-methyl/N-ethyl adjacent to an activating group) is 1. The maximum Gasteiger partial charge on any atom is 0.0484 e. The van der Waals surface area contributed by atoms with Gasteiger partial charge in [-0.2, -0.15) is 0 Å². The summed E-state index contributed by atoms with van der Waals surface area (Å²) in [6.07, 6.45) is 0. The quantitative estimate of drug-likeness (QED) is 0.461. The molecule has 1 unspecified atom stereocenters. The maximum atomic E-state index is 3.24. The Balaban J connectivity index is 2.26. The molecule has 0 aromatic heterocycles. The monoisotopic (exact) mass is 99.1 g/mol. The molecule has 1 radical (unpaired) electrons. The highest BCUT2D eigenvalue weighted by Gasteiger charge is 2.12. The molecular weight excluding hydrogens is 88.1 g/mol. The Labute approximate surface area is 44.5 Å². The molecule has 1 saturated heterocycles. The molecule has 1 aliphatic rings. The topological polar surface area (TPSA) is 15.3 Å². The molecule has 1 atom stereocenters. The van der Waals surface area contributed by atoms with Crippen molar-refractivity contribution in [2.24, 2.45) is 0 Å². The molecular formula is C5H11N2. The zero-order valence-corrected chi connectivity index (χ0v) is 4.81. The van der Waals surface area contributed by atoms with Gasteiger partial charge in [0.25, 0.3) is 0 Å². The fraction of sp³-hybridized carbons (Fsp3) is 0.800. The number of hydrogen-bond donors (Lipinski definition) is 1. The fourth-order valence-corrected chi connectivity index (χ4v) is 0.775. The summed E-state index contributed by atoms with van der Waals surface area (Å²) >= 11 is 0. The Hall–Kier alpha value is -0.0800. The molecule has 0 amide bonds. The van der Waals surface area contributed by atoms with E-state index < -0.39 is 0 Å². The van der Waals surface area contributed by atoms with Crippen molar-refractivity contribution < 1.29 is 0 Å². The minimum Gasteiger partial charge on any atom is -0.300 e. The molecule has 0 aromatic rings. The number of nitrogens with zero attached hydrogens (tertiary/aromatic N) is 1. The van der Waals surface area contributed by atoms with Gasteiger partial charge in [0.15, 0.2) is 0 Å². The molecule has 0 bridgehead atoms. The van der Waals surface area contributed by atoms with E-state index >= 15 is 0 Å². The second-order valence-electron chi connectivity index (χ2n) is 2.06. The van der Waals surface area contributed by atoms with Gasteiger partial charge < -0.3 is 5.32 Å². The zero-order chi connectivity index (χ0) is 5.28. The van der Waals surface area contributed by atoms with E-state index in [0.717, 1.165) is 6.67 Å². The van der Waals surface area contributed by atoms with Crippen molar-refractivity contribution in [3.8, 4) is 0 Å².